The molecular weight excluding hydrogens is 386 g/mol. The van der Waals surface area contributed by atoms with E-state index in [1.807, 2.05) is 42.5 Å². The number of hydrogen-bond acceptors (Lipinski definition) is 4. The van der Waals surface area contributed by atoms with Crippen molar-refractivity contribution in [2.24, 2.45) is 0 Å². The molecular formula is C22H19N3O3S. The van der Waals surface area contributed by atoms with Crippen LogP contribution in [-0.2, 0) is 9.84 Å². The van der Waals surface area contributed by atoms with Crippen molar-refractivity contribution < 1.29 is 13.2 Å². The Balaban J connectivity index is 1.58. The fourth-order valence-corrected chi connectivity index (χ4v) is 5.14. The third-order valence-electron chi connectivity index (χ3n) is 5.54. The summed E-state index contributed by atoms with van der Waals surface area (Å²) in [6.45, 7) is 0.488. The monoisotopic (exact) mass is 405 g/mol. The summed E-state index contributed by atoms with van der Waals surface area (Å²) in [5.41, 5.74) is 3.64. The zero-order valence-corrected chi connectivity index (χ0v) is 16.4. The first-order valence-corrected chi connectivity index (χ1v) is 11.3. The van der Waals surface area contributed by atoms with Gasteiger partial charge in [0.15, 0.2) is 9.84 Å². The number of nitrogens with one attached hydrogen (secondary N) is 1. The van der Waals surface area contributed by atoms with Crippen LogP contribution in [0.5, 0.6) is 0 Å². The third-order valence-corrected chi connectivity index (χ3v) is 7.15. The average molecular weight is 405 g/mol. The Bertz CT molecular complexity index is 1340. The van der Waals surface area contributed by atoms with Gasteiger partial charge in [-0.25, -0.2) is 8.42 Å². The number of carbonyl (C=O) groups is 1. The third kappa shape index (κ3) is 3.17. The van der Waals surface area contributed by atoms with Gasteiger partial charge >= 0.3 is 0 Å². The Morgan fingerprint density at radius 1 is 0.966 bits per heavy atom. The number of carbonyl (C=O) groups excluding carboxylic acids is 1. The van der Waals surface area contributed by atoms with Gasteiger partial charge in [0.1, 0.15) is 0 Å². The van der Waals surface area contributed by atoms with E-state index in [9.17, 15) is 13.2 Å². The molecule has 1 fully saturated rings. The lowest BCUT2D eigenvalue weighted by Gasteiger charge is -2.27. The molecule has 1 aliphatic heterocycles. The fraction of sp³-hybridized carbons (Fsp3) is 0.182. The van der Waals surface area contributed by atoms with Crippen LogP contribution in [0.3, 0.4) is 0 Å². The Labute approximate surface area is 168 Å². The minimum atomic E-state index is -3.03. The van der Waals surface area contributed by atoms with Crippen LogP contribution in [0.15, 0.2) is 60.8 Å². The van der Waals surface area contributed by atoms with Gasteiger partial charge in [0.2, 0.25) is 0 Å². The maximum atomic E-state index is 13.1. The highest BCUT2D eigenvalue weighted by Crippen LogP contribution is 2.32. The number of fused-ring (bicyclic) bond motifs is 2. The Morgan fingerprint density at radius 3 is 2.55 bits per heavy atom. The first-order chi connectivity index (χ1) is 14.0. The summed E-state index contributed by atoms with van der Waals surface area (Å²) < 4.78 is 23.4. The van der Waals surface area contributed by atoms with E-state index in [2.05, 4.69) is 22.3 Å². The smallest absolute Gasteiger partial charge is 0.254 e. The topological polar surface area (TPSA) is 83.1 Å². The molecule has 0 spiro atoms. The second kappa shape index (κ2) is 6.70. The van der Waals surface area contributed by atoms with Crippen molar-refractivity contribution in [1.82, 2.24) is 15.1 Å². The normalized spacial score (nSPS) is 16.3. The number of amides is 1. The van der Waals surface area contributed by atoms with Crippen molar-refractivity contribution in [2.75, 3.05) is 24.6 Å². The zero-order chi connectivity index (χ0) is 20.0. The molecule has 1 aliphatic rings. The first kappa shape index (κ1) is 17.9. The Morgan fingerprint density at radius 2 is 1.72 bits per heavy atom. The molecule has 0 saturated carbocycles. The van der Waals surface area contributed by atoms with Crippen molar-refractivity contribution in [2.45, 2.75) is 0 Å². The van der Waals surface area contributed by atoms with E-state index in [0.717, 1.165) is 32.8 Å². The molecule has 0 atom stereocenters. The Kier molecular flexibility index (Phi) is 4.13. The van der Waals surface area contributed by atoms with Crippen molar-refractivity contribution in [1.29, 1.82) is 0 Å². The van der Waals surface area contributed by atoms with Crippen molar-refractivity contribution in [3.8, 4) is 11.1 Å². The number of rotatable bonds is 2. The van der Waals surface area contributed by atoms with Crippen LogP contribution in [0.25, 0.3) is 32.8 Å². The van der Waals surface area contributed by atoms with Gasteiger partial charge in [-0.15, -0.1) is 0 Å². The van der Waals surface area contributed by atoms with Crippen LogP contribution in [0, 0.1) is 0 Å². The predicted molar refractivity (Wildman–Crippen MR) is 114 cm³/mol. The average Bonchev–Trinajstić information content (AvgIpc) is 3.20. The van der Waals surface area contributed by atoms with Gasteiger partial charge in [-0.3, -0.25) is 9.89 Å². The highest BCUT2D eigenvalue weighted by molar-refractivity contribution is 7.91. The van der Waals surface area contributed by atoms with E-state index >= 15 is 0 Å². The summed E-state index contributed by atoms with van der Waals surface area (Å²) in [4.78, 5) is 14.8. The number of sulfone groups is 1. The second-order valence-electron chi connectivity index (χ2n) is 7.32. The van der Waals surface area contributed by atoms with E-state index in [1.54, 1.807) is 11.1 Å². The van der Waals surface area contributed by atoms with Crippen LogP contribution < -0.4 is 0 Å². The summed E-state index contributed by atoms with van der Waals surface area (Å²) in [7, 11) is -3.03. The highest BCUT2D eigenvalue weighted by Gasteiger charge is 2.26. The molecule has 1 saturated heterocycles. The van der Waals surface area contributed by atoms with E-state index in [0.29, 0.717) is 5.56 Å². The second-order valence-corrected chi connectivity index (χ2v) is 9.63. The summed E-state index contributed by atoms with van der Waals surface area (Å²) in [6.07, 6.45) is 1.79. The van der Waals surface area contributed by atoms with Crippen LogP contribution in [0.2, 0.25) is 0 Å². The van der Waals surface area contributed by atoms with Crippen molar-refractivity contribution >= 4 is 37.4 Å². The van der Waals surface area contributed by atoms with Crippen molar-refractivity contribution in [3.05, 3.63) is 66.4 Å². The molecule has 29 heavy (non-hydrogen) atoms. The highest BCUT2D eigenvalue weighted by atomic mass is 32.2. The maximum Gasteiger partial charge on any atom is 0.254 e. The SMILES string of the molecule is O=C(c1cccc2c(-c3ccc4cn[nH]c4c3)cccc12)N1CCS(=O)(=O)CC1. The first-order valence-electron chi connectivity index (χ1n) is 9.47. The van der Waals surface area contributed by atoms with Gasteiger partial charge in [-0.1, -0.05) is 42.5 Å². The van der Waals surface area contributed by atoms with Crippen LogP contribution >= 0.6 is 0 Å². The number of hydrogen-bond donors (Lipinski definition) is 1. The molecule has 3 aromatic carbocycles. The molecule has 1 N–H and O–H groups in total. The van der Waals surface area contributed by atoms with Gasteiger partial charge in [0.25, 0.3) is 5.91 Å². The standard InChI is InChI=1S/C22H19N3O3S/c26-22(25-9-11-29(27,28)12-10-25)20-6-2-4-18-17(3-1-5-19(18)20)15-7-8-16-14-23-24-21(16)13-15/h1-8,13-14H,9-12H2,(H,23,24). The minimum Gasteiger partial charge on any atom is -0.337 e. The molecule has 7 heteroatoms. The molecule has 0 aliphatic carbocycles. The minimum absolute atomic E-state index is 0.0267. The molecule has 1 amide bonds. The summed E-state index contributed by atoms with van der Waals surface area (Å²) in [5, 5.41) is 9.98. The zero-order valence-electron chi connectivity index (χ0n) is 15.6. The van der Waals surface area contributed by atoms with Crippen LogP contribution in [0.4, 0.5) is 0 Å². The fourth-order valence-electron chi connectivity index (χ4n) is 3.94. The molecule has 0 bridgehead atoms. The molecule has 2 heterocycles. The Hall–Kier alpha value is -3.19. The number of nitrogens with zero attached hydrogens (tertiary/aromatic N) is 2. The van der Waals surface area contributed by atoms with E-state index in [1.165, 1.54) is 0 Å². The quantitative estimate of drug-likeness (QED) is 0.555. The van der Waals surface area contributed by atoms with E-state index < -0.39 is 9.84 Å². The van der Waals surface area contributed by atoms with Gasteiger partial charge < -0.3 is 4.90 Å². The molecule has 146 valence electrons. The summed E-state index contributed by atoms with van der Waals surface area (Å²) >= 11 is 0. The van der Waals surface area contributed by atoms with Gasteiger partial charge in [0.05, 0.1) is 23.2 Å². The molecule has 5 rings (SSSR count). The lowest BCUT2D eigenvalue weighted by Crippen LogP contribution is -2.43. The van der Waals surface area contributed by atoms with Crippen molar-refractivity contribution in [3.63, 3.8) is 0 Å². The number of H-pyrrole nitrogens is 1. The lowest BCUT2D eigenvalue weighted by molar-refractivity contribution is 0.0772. The summed E-state index contributed by atoms with van der Waals surface area (Å²) in [6, 6.07) is 17.8. The molecule has 6 nitrogen and oxygen atoms in total. The van der Waals surface area contributed by atoms with Gasteiger partial charge in [-0.2, -0.15) is 5.10 Å². The number of aromatic amines is 1. The van der Waals surface area contributed by atoms with Gasteiger partial charge in [-0.05, 0) is 34.0 Å². The predicted octanol–water partition coefficient (Wildman–Crippen LogP) is 3.25. The number of aromatic nitrogens is 2. The lowest BCUT2D eigenvalue weighted by atomic mass is 9.95. The molecule has 0 unspecified atom stereocenters. The van der Waals surface area contributed by atoms with Crippen LogP contribution in [0.1, 0.15) is 10.4 Å². The molecule has 0 radical (unpaired) electrons. The molecule has 4 aromatic rings. The largest absolute Gasteiger partial charge is 0.337 e. The van der Waals surface area contributed by atoms with Crippen LogP contribution in [-0.4, -0.2) is 54.0 Å². The van der Waals surface area contributed by atoms with Gasteiger partial charge in [0, 0.05) is 24.0 Å². The summed E-state index contributed by atoms with van der Waals surface area (Å²) in [5.74, 6) is -0.0653. The van der Waals surface area contributed by atoms with E-state index in [-0.39, 0.29) is 30.5 Å². The van der Waals surface area contributed by atoms with E-state index in [4.69, 9.17) is 0 Å². The number of benzene rings is 3. The maximum absolute atomic E-state index is 13.1. The molecule has 1 aromatic heterocycles.